The van der Waals surface area contributed by atoms with E-state index in [-0.39, 0.29) is 11.7 Å². The van der Waals surface area contributed by atoms with Gasteiger partial charge in [0.25, 0.3) is 5.91 Å². The molecule has 2 N–H and O–H groups in total. The third kappa shape index (κ3) is 4.54. The van der Waals surface area contributed by atoms with Crippen molar-refractivity contribution in [3.8, 4) is 5.75 Å². The van der Waals surface area contributed by atoms with Gasteiger partial charge in [0, 0.05) is 24.3 Å². The highest BCUT2D eigenvalue weighted by molar-refractivity contribution is 6.10. The first-order chi connectivity index (χ1) is 16.2. The van der Waals surface area contributed by atoms with E-state index in [9.17, 15) is 28.0 Å². The number of carbonyl (C=O) groups is 4. The molecule has 2 aliphatic heterocycles. The summed E-state index contributed by atoms with van der Waals surface area (Å²) in [4.78, 5) is 52.3. The van der Waals surface area contributed by atoms with Crippen LogP contribution in [0.1, 0.15) is 25.3 Å². The zero-order valence-electron chi connectivity index (χ0n) is 18.2. The van der Waals surface area contributed by atoms with Crippen LogP contribution in [-0.2, 0) is 19.9 Å². The van der Waals surface area contributed by atoms with Gasteiger partial charge in [-0.2, -0.15) is 8.78 Å². The zero-order valence-corrected chi connectivity index (χ0v) is 18.2. The standard InChI is InChI=1S/C23H22F2N4O5/c1-23(14-4-10-17(11-5-14)34-21(24)25)20(32)29(22(33)27-23)13-18(30)26-15-6-8-16(9-7-15)28-12-2-3-19(28)31/h4-11,21H,2-3,12-13H2,1H3,(H,26,30)(H,27,33). The van der Waals surface area contributed by atoms with Gasteiger partial charge in [0.1, 0.15) is 17.8 Å². The fourth-order valence-corrected chi connectivity index (χ4v) is 4.00. The Morgan fingerprint density at radius 2 is 1.79 bits per heavy atom. The Kier molecular flexibility index (Phi) is 6.18. The Labute approximate surface area is 193 Å². The predicted molar refractivity (Wildman–Crippen MR) is 117 cm³/mol. The van der Waals surface area contributed by atoms with E-state index >= 15 is 0 Å². The Hall–Kier alpha value is -4.02. The van der Waals surface area contributed by atoms with Crippen molar-refractivity contribution in [2.24, 2.45) is 0 Å². The summed E-state index contributed by atoms with van der Waals surface area (Å²) in [7, 11) is 0. The number of imide groups is 1. The Morgan fingerprint density at radius 1 is 1.12 bits per heavy atom. The van der Waals surface area contributed by atoms with Crippen molar-refractivity contribution in [1.82, 2.24) is 10.2 Å². The predicted octanol–water partition coefficient (Wildman–Crippen LogP) is 2.82. The topological polar surface area (TPSA) is 108 Å². The number of hydrogen-bond acceptors (Lipinski definition) is 5. The van der Waals surface area contributed by atoms with Gasteiger partial charge >= 0.3 is 12.6 Å². The Morgan fingerprint density at radius 3 is 2.38 bits per heavy atom. The minimum atomic E-state index is -2.98. The maximum Gasteiger partial charge on any atom is 0.387 e. The van der Waals surface area contributed by atoms with Gasteiger partial charge in [0.15, 0.2) is 0 Å². The van der Waals surface area contributed by atoms with Crippen LogP contribution in [0, 0.1) is 0 Å². The third-order valence-electron chi connectivity index (χ3n) is 5.77. The molecule has 1 unspecified atom stereocenters. The van der Waals surface area contributed by atoms with Gasteiger partial charge in [-0.3, -0.25) is 19.3 Å². The van der Waals surface area contributed by atoms with Crippen LogP contribution < -0.4 is 20.3 Å². The number of nitrogens with one attached hydrogen (secondary N) is 2. The first-order valence-corrected chi connectivity index (χ1v) is 10.6. The summed E-state index contributed by atoms with van der Waals surface area (Å²) in [5.74, 6) is -1.28. The minimum Gasteiger partial charge on any atom is -0.435 e. The fraction of sp³-hybridized carbons (Fsp3) is 0.304. The highest BCUT2D eigenvalue weighted by Gasteiger charge is 2.49. The Bertz CT molecular complexity index is 1120. The van der Waals surface area contributed by atoms with E-state index in [1.54, 1.807) is 29.2 Å². The number of carbonyl (C=O) groups excluding carboxylic acids is 4. The van der Waals surface area contributed by atoms with Crippen molar-refractivity contribution < 1.29 is 32.7 Å². The molecule has 11 heteroatoms. The monoisotopic (exact) mass is 472 g/mol. The maximum absolute atomic E-state index is 13.0. The number of halogens is 2. The van der Waals surface area contributed by atoms with Crippen molar-refractivity contribution in [2.75, 3.05) is 23.3 Å². The summed E-state index contributed by atoms with van der Waals surface area (Å²) in [5, 5.41) is 5.18. The lowest BCUT2D eigenvalue weighted by Gasteiger charge is -2.22. The van der Waals surface area contributed by atoms with E-state index in [0.717, 1.165) is 17.0 Å². The van der Waals surface area contributed by atoms with Gasteiger partial charge in [-0.1, -0.05) is 12.1 Å². The summed E-state index contributed by atoms with van der Waals surface area (Å²) < 4.78 is 29.0. The van der Waals surface area contributed by atoms with Gasteiger partial charge in [-0.05, 0) is 55.3 Å². The number of ether oxygens (including phenoxy) is 1. The first-order valence-electron chi connectivity index (χ1n) is 10.6. The molecule has 178 valence electrons. The highest BCUT2D eigenvalue weighted by atomic mass is 19.3. The molecule has 0 aliphatic carbocycles. The molecular formula is C23H22F2N4O5. The lowest BCUT2D eigenvalue weighted by molar-refractivity contribution is -0.133. The van der Waals surface area contributed by atoms with E-state index < -0.39 is 36.5 Å². The first kappa shape index (κ1) is 23.1. The van der Waals surface area contributed by atoms with Crippen molar-refractivity contribution >= 4 is 35.1 Å². The van der Waals surface area contributed by atoms with E-state index in [4.69, 9.17) is 0 Å². The minimum absolute atomic E-state index is 0.0505. The van der Waals surface area contributed by atoms with Crippen molar-refractivity contribution in [1.29, 1.82) is 0 Å². The Balaban J connectivity index is 1.40. The maximum atomic E-state index is 13.0. The number of alkyl halides is 2. The van der Waals surface area contributed by atoms with Crippen molar-refractivity contribution in [2.45, 2.75) is 31.9 Å². The molecule has 2 aromatic rings. The number of anilines is 2. The van der Waals surface area contributed by atoms with E-state index in [0.29, 0.717) is 24.2 Å². The SMILES string of the molecule is CC1(c2ccc(OC(F)F)cc2)NC(=O)N(CC(=O)Nc2ccc(N3CCCC3=O)cc2)C1=O. The second kappa shape index (κ2) is 9.08. The lowest BCUT2D eigenvalue weighted by Crippen LogP contribution is -2.42. The summed E-state index contributed by atoms with van der Waals surface area (Å²) in [5.41, 5.74) is 0.0626. The van der Waals surface area contributed by atoms with Crippen LogP contribution in [0.5, 0.6) is 5.75 Å². The third-order valence-corrected chi connectivity index (χ3v) is 5.77. The van der Waals surface area contributed by atoms with Gasteiger partial charge in [-0.15, -0.1) is 0 Å². The molecule has 2 saturated heterocycles. The highest BCUT2D eigenvalue weighted by Crippen LogP contribution is 2.30. The average molecular weight is 472 g/mol. The number of urea groups is 1. The molecule has 1 atom stereocenters. The molecule has 0 radical (unpaired) electrons. The molecule has 2 heterocycles. The molecule has 0 spiro atoms. The van der Waals surface area contributed by atoms with Gasteiger partial charge < -0.3 is 20.3 Å². The molecule has 0 bridgehead atoms. The van der Waals surface area contributed by atoms with Crippen LogP contribution in [0.3, 0.4) is 0 Å². The average Bonchev–Trinajstić information content (AvgIpc) is 3.31. The van der Waals surface area contributed by atoms with Gasteiger partial charge in [-0.25, -0.2) is 4.79 Å². The van der Waals surface area contributed by atoms with E-state index in [1.807, 2.05) is 0 Å². The molecule has 9 nitrogen and oxygen atoms in total. The van der Waals surface area contributed by atoms with Crippen LogP contribution >= 0.6 is 0 Å². The molecule has 0 saturated carbocycles. The van der Waals surface area contributed by atoms with Crippen molar-refractivity contribution in [3.05, 3.63) is 54.1 Å². The lowest BCUT2D eigenvalue weighted by atomic mass is 9.92. The zero-order chi connectivity index (χ0) is 24.5. The molecule has 0 aromatic heterocycles. The van der Waals surface area contributed by atoms with E-state index in [2.05, 4.69) is 15.4 Å². The van der Waals surface area contributed by atoms with Crippen LogP contribution in [0.15, 0.2) is 48.5 Å². The second-order valence-electron chi connectivity index (χ2n) is 8.09. The van der Waals surface area contributed by atoms with Crippen LogP contribution in [0.2, 0.25) is 0 Å². The fourth-order valence-electron chi connectivity index (χ4n) is 4.00. The normalized spacial score (nSPS) is 20.2. The molecule has 4 rings (SSSR count). The van der Waals surface area contributed by atoms with Crippen LogP contribution in [0.4, 0.5) is 25.0 Å². The molecule has 5 amide bonds. The summed E-state index contributed by atoms with van der Waals surface area (Å²) in [6, 6.07) is 11.3. The van der Waals surface area contributed by atoms with Crippen molar-refractivity contribution in [3.63, 3.8) is 0 Å². The quantitative estimate of drug-likeness (QED) is 0.603. The molecule has 2 aliphatic rings. The van der Waals surface area contributed by atoms with Gasteiger partial charge in [0.2, 0.25) is 11.8 Å². The summed E-state index contributed by atoms with van der Waals surface area (Å²) >= 11 is 0. The largest absolute Gasteiger partial charge is 0.435 e. The molecule has 34 heavy (non-hydrogen) atoms. The summed E-state index contributed by atoms with van der Waals surface area (Å²) in [6.45, 7) is -1.38. The van der Waals surface area contributed by atoms with Gasteiger partial charge in [0.05, 0.1) is 0 Å². The number of rotatable bonds is 7. The summed E-state index contributed by atoms with van der Waals surface area (Å²) in [6.07, 6.45) is 1.31. The second-order valence-corrected chi connectivity index (χ2v) is 8.09. The molecule has 2 aromatic carbocycles. The smallest absolute Gasteiger partial charge is 0.387 e. The molecule has 2 fully saturated rings. The van der Waals surface area contributed by atoms with E-state index in [1.165, 1.54) is 31.2 Å². The number of hydrogen-bond donors (Lipinski definition) is 2. The number of amides is 5. The number of nitrogens with zero attached hydrogens (tertiary/aromatic N) is 2. The van der Waals surface area contributed by atoms with Crippen LogP contribution in [0.25, 0.3) is 0 Å². The molecular weight excluding hydrogens is 450 g/mol. The number of benzene rings is 2. The van der Waals surface area contributed by atoms with Crippen LogP contribution in [-0.4, -0.2) is 48.4 Å².